The van der Waals surface area contributed by atoms with Crippen molar-refractivity contribution in [3.8, 4) is 0 Å². The molecular formula is C27H27N3O4S2. The first-order chi connectivity index (χ1) is 17.2. The average molecular weight is 522 g/mol. The second-order valence-corrected chi connectivity index (χ2v) is 11.2. The number of amides is 1. The molecule has 0 radical (unpaired) electrons. The fraction of sp³-hybridized carbons (Fsp3) is 0.185. The number of carbonyl (C=O) groups excluding carboxylic acids is 1. The maximum Gasteiger partial charge on any atom is 0.260 e. The number of hydrogen-bond acceptors (Lipinski definition) is 6. The second kappa shape index (κ2) is 10.6. The van der Waals surface area contributed by atoms with Crippen molar-refractivity contribution in [1.29, 1.82) is 0 Å². The number of fused-ring (bicyclic) bond motifs is 1. The Labute approximate surface area is 215 Å². The molecule has 9 heteroatoms. The van der Waals surface area contributed by atoms with Crippen LogP contribution in [0.1, 0.15) is 27.2 Å². The van der Waals surface area contributed by atoms with Gasteiger partial charge in [0.15, 0.2) is 5.13 Å². The van der Waals surface area contributed by atoms with Crippen molar-refractivity contribution in [3.05, 3.63) is 103 Å². The zero-order valence-electron chi connectivity index (χ0n) is 20.2. The number of aromatic nitrogens is 1. The van der Waals surface area contributed by atoms with Crippen LogP contribution in [0.3, 0.4) is 0 Å². The number of furan rings is 1. The van der Waals surface area contributed by atoms with Crippen molar-refractivity contribution >= 4 is 42.6 Å². The molecule has 0 fully saturated rings. The molecule has 0 bridgehead atoms. The van der Waals surface area contributed by atoms with E-state index < -0.39 is 10.0 Å². The fourth-order valence-corrected chi connectivity index (χ4v) is 6.29. The van der Waals surface area contributed by atoms with Gasteiger partial charge in [-0.15, -0.1) is 13.2 Å². The van der Waals surface area contributed by atoms with Crippen LogP contribution in [0.2, 0.25) is 0 Å². The van der Waals surface area contributed by atoms with E-state index in [0.717, 1.165) is 21.3 Å². The van der Waals surface area contributed by atoms with Crippen molar-refractivity contribution in [2.75, 3.05) is 18.0 Å². The second-order valence-electron chi connectivity index (χ2n) is 8.32. The van der Waals surface area contributed by atoms with Crippen LogP contribution in [0.4, 0.5) is 5.13 Å². The first-order valence-electron chi connectivity index (χ1n) is 11.3. The number of thiazole rings is 1. The molecule has 0 saturated heterocycles. The molecule has 0 aliphatic rings. The number of rotatable bonds is 10. The molecule has 2 aromatic carbocycles. The van der Waals surface area contributed by atoms with Gasteiger partial charge in [0.25, 0.3) is 5.91 Å². The minimum absolute atomic E-state index is 0.0893. The number of hydrogen-bond donors (Lipinski definition) is 0. The van der Waals surface area contributed by atoms with Gasteiger partial charge in [-0.3, -0.25) is 9.69 Å². The van der Waals surface area contributed by atoms with E-state index in [1.807, 2.05) is 19.9 Å². The molecule has 0 unspecified atom stereocenters. The van der Waals surface area contributed by atoms with E-state index in [1.165, 1.54) is 52.1 Å². The number of sulfonamides is 1. The van der Waals surface area contributed by atoms with Crippen molar-refractivity contribution in [1.82, 2.24) is 9.29 Å². The third kappa shape index (κ3) is 5.18. The van der Waals surface area contributed by atoms with Crippen LogP contribution in [-0.4, -0.2) is 36.7 Å². The molecule has 0 saturated carbocycles. The molecule has 2 aromatic heterocycles. The fourth-order valence-electron chi connectivity index (χ4n) is 3.90. The molecule has 0 spiro atoms. The van der Waals surface area contributed by atoms with Gasteiger partial charge in [0, 0.05) is 18.7 Å². The van der Waals surface area contributed by atoms with E-state index in [0.29, 0.717) is 16.5 Å². The number of aryl methyl sites for hydroxylation is 2. The Balaban J connectivity index is 1.69. The van der Waals surface area contributed by atoms with Gasteiger partial charge in [0.05, 0.1) is 27.9 Å². The smallest absolute Gasteiger partial charge is 0.260 e. The highest BCUT2D eigenvalue weighted by Crippen LogP contribution is 2.34. The minimum atomic E-state index is -3.77. The Morgan fingerprint density at radius 3 is 2.39 bits per heavy atom. The highest BCUT2D eigenvalue weighted by atomic mass is 32.2. The number of nitrogens with zero attached hydrogens (tertiary/aromatic N) is 3. The van der Waals surface area contributed by atoms with E-state index >= 15 is 0 Å². The summed E-state index contributed by atoms with van der Waals surface area (Å²) in [5.41, 5.74) is 3.36. The van der Waals surface area contributed by atoms with Crippen LogP contribution in [-0.2, 0) is 16.6 Å². The molecule has 0 N–H and O–H groups in total. The molecule has 4 aromatic rings. The summed E-state index contributed by atoms with van der Waals surface area (Å²) in [4.78, 5) is 20.1. The zero-order chi connectivity index (χ0) is 25.9. The van der Waals surface area contributed by atoms with E-state index in [2.05, 4.69) is 19.2 Å². The highest BCUT2D eigenvalue weighted by molar-refractivity contribution is 7.89. The third-order valence-electron chi connectivity index (χ3n) is 5.58. The summed E-state index contributed by atoms with van der Waals surface area (Å²) in [6, 6.07) is 13.6. The maximum atomic E-state index is 13.7. The average Bonchev–Trinajstić information content (AvgIpc) is 3.52. The van der Waals surface area contributed by atoms with Crippen LogP contribution in [0.5, 0.6) is 0 Å². The first kappa shape index (κ1) is 25.6. The quantitative estimate of drug-likeness (QED) is 0.249. The summed E-state index contributed by atoms with van der Waals surface area (Å²) >= 11 is 1.44. The molecule has 186 valence electrons. The molecule has 7 nitrogen and oxygen atoms in total. The van der Waals surface area contributed by atoms with Crippen LogP contribution in [0, 0.1) is 13.8 Å². The lowest BCUT2D eigenvalue weighted by Crippen LogP contribution is -2.32. The molecule has 4 rings (SSSR count). The van der Waals surface area contributed by atoms with Gasteiger partial charge >= 0.3 is 0 Å². The van der Waals surface area contributed by atoms with E-state index in [-0.39, 0.29) is 30.4 Å². The topological polar surface area (TPSA) is 83.7 Å². The van der Waals surface area contributed by atoms with Gasteiger partial charge in [0.1, 0.15) is 5.76 Å². The zero-order valence-corrected chi connectivity index (χ0v) is 21.8. The van der Waals surface area contributed by atoms with E-state index in [1.54, 1.807) is 23.3 Å². The van der Waals surface area contributed by atoms with Crippen LogP contribution in [0.25, 0.3) is 10.2 Å². The highest BCUT2D eigenvalue weighted by Gasteiger charge is 2.26. The third-order valence-corrected chi connectivity index (χ3v) is 8.66. The SMILES string of the molecule is C=CCN(CC=C)S(=O)(=O)c1ccc(C(=O)N(Cc2ccco2)c2nc3cc(C)cc(C)c3s2)cc1. The van der Waals surface area contributed by atoms with E-state index in [9.17, 15) is 13.2 Å². The summed E-state index contributed by atoms with van der Waals surface area (Å²) < 4.78 is 33.8. The van der Waals surface area contributed by atoms with Gasteiger partial charge in [-0.25, -0.2) is 13.4 Å². The van der Waals surface area contributed by atoms with Crippen molar-refractivity contribution in [3.63, 3.8) is 0 Å². The lowest BCUT2D eigenvalue weighted by Gasteiger charge is -2.20. The largest absolute Gasteiger partial charge is 0.467 e. The minimum Gasteiger partial charge on any atom is -0.467 e. The van der Waals surface area contributed by atoms with E-state index in [4.69, 9.17) is 9.40 Å². The van der Waals surface area contributed by atoms with Gasteiger partial charge in [-0.1, -0.05) is 29.6 Å². The Hall–Kier alpha value is -3.53. The van der Waals surface area contributed by atoms with Gasteiger partial charge in [-0.05, 0) is 67.4 Å². The van der Waals surface area contributed by atoms with Crippen molar-refractivity contribution in [2.45, 2.75) is 25.3 Å². The van der Waals surface area contributed by atoms with Gasteiger partial charge in [-0.2, -0.15) is 4.31 Å². The molecule has 36 heavy (non-hydrogen) atoms. The van der Waals surface area contributed by atoms with Crippen LogP contribution < -0.4 is 4.90 Å². The number of anilines is 1. The lowest BCUT2D eigenvalue weighted by molar-refractivity contribution is 0.0983. The summed E-state index contributed by atoms with van der Waals surface area (Å²) in [7, 11) is -3.77. The molecule has 1 amide bonds. The molecular weight excluding hydrogens is 494 g/mol. The molecule has 2 heterocycles. The summed E-state index contributed by atoms with van der Waals surface area (Å²) in [5, 5.41) is 0.542. The predicted molar refractivity (Wildman–Crippen MR) is 144 cm³/mol. The first-order valence-corrected chi connectivity index (χ1v) is 13.5. The normalized spacial score (nSPS) is 11.6. The van der Waals surface area contributed by atoms with Crippen molar-refractivity contribution < 1.29 is 17.6 Å². The monoisotopic (exact) mass is 521 g/mol. The summed E-state index contributed by atoms with van der Waals surface area (Å²) in [6.07, 6.45) is 4.60. The molecule has 0 aliphatic carbocycles. The molecule has 0 atom stereocenters. The predicted octanol–water partition coefficient (Wildman–Crippen LogP) is 5.72. The van der Waals surface area contributed by atoms with Crippen molar-refractivity contribution in [2.24, 2.45) is 0 Å². The number of benzene rings is 2. The maximum absolute atomic E-state index is 13.7. The standard InChI is InChI=1S/C27H27N3O4S2/c1-5-13-29(14-6-2)36(32,33)23-11-9-21(10-12-23)26(31)30(18-22-8-7-15-34-22)27-28-24-17-19(3)16-20(4)25(24)35-27/h5-12,15-17H,1-2,13-14,18H2,3-4H3. The van der Waals surface area contributed by atoms with Crippen LogP contribution in [0.15, 0.2) is 89.4 Å². The Morgan fingerprint density at radius 2 is 1.78 bits per heavy atom. The van der Waals surface area contributed by atoms with Gasteiger partial charge in [0.2, 0.25) is 10.0 Å². The summed E-state index contributed by atoms with van der Waals surface area (Å²) in [5.74, 6) is 0.303. The Kier molecular flexibility index (Phi) is 7.53. The lowest BCUT2D eigenvalue weighted by atomic mass is 10.1. The Bertz CT molecular complexity index is 1490. The van der Waals surface area contributed by atoms with Gasteiger partial charge < -0.3 is 4.42 Å². The Morgan fingerprint density at radius 1 is 1.08 bits per heavy atom. The molecule has 0 aliphatic heterocycles. The number of carbonyl (C=O) groups is 1. The van der Waals surface area contributed by atoms with Crippen LogP contribution >= 0.6 is 11.3 Å². The summed E-state index contributed by atoms with van der Waals surface area (Å²) in [6.45, 7) is 11.8.